The molecule has 1 atom stereocenters. The van der Waals surface area contributed by atoms with Gasteiger partial charge in [0.2, 0.25) is 0 Å². The molecule has 1 aromatic heterocycles. The number of benzene rings is 1. The number of rotatable bonds is 6. The molecule has 6 nitrogen and oxygen atoms in total. The molecule has 3 rings (SSSR count). The Hall–Kier alpha value is -1.96. The molecule has 0 bridgehead atoms. The van der Waals surface area contributed by atoms with E-state index in [9.17, 15) is 9.50 Å². The normalized spacial score (nSPS) is 16.2. The summed E-state index contributed by atoms with van der Waals surface area (Å²) in [5, 5.41) is 18.0. The number of aryl methyl sites for hydroxylation is 2. The van der Waals surface area contributed by atoms with Crippen molar-refractivity contribution in [2.24, 2.45) is 7.05 Å². The van der Waals surface area contributed by atoms with E-state index in [1.54, 1.807) is 12.1 Å². The molecule has 2 heterocycles. The minimum Gasteiger partial charge on any atom is -0.387 e. The molecule has 136 valence electrons. The van der Waals surface area contributed by atoms with Gasteiger partial charge in [-0.2, -0.15) is 5.10 Å². The van der Waals surface area contributed by atoms with Gasteiger partial charge in [0.1, 0.15) is 11.6 Å². The summed E-state index contributed by atoms with van der Waals surface area (Å²) >= 11 is 0. The summed E-state index contributed by atoms with van der Waals surface area (Å²) in [5.74, 6) is 0.753. The Kier molecular flexibility index (Phi) is 5.67. The number of aliphatic hydroxyl groups excluding tert-OH is 1. The maximum absolute atomic E-state index is 13.3. The molecule has 25 heavy (non-hydrogen) atoms. The molecule has 2 N–H and O–H groups in total. The standard InChI is InChI=1S/C18H25FN4O2/c1-13-16(18(22(2)21-13)23-6-8-25-9-7-23)11-20-12-17(24)14-4-3-5-15(19)10-14/h3-5,10,17,20,24H,6-9,11-12H2,1-2H3. The molecule has 0 radical (unpaired) electrons. The molecule has 0 amide bonds. The molecule has 1 saturated heterocycles. The van der Waals surface area contributed by atoms with Crippen LogP contribution in [-0.4, -0.2) is 47.7 Å². The van der Waals surface area contributed by atoms with Gasteiger partial charge in [-0.15, -0.1) is 0 Å². The van der Waals surface area contributed by atoms with E-state index < -0.39 is 6.10 Å². The number of hydrogen-bond acceptors (Lipinski definition) is 5. The zero-order chi connectivity index (χ0) is 17.8. The fraction of sp³-hybridized carbons (Fsp3) is 0.500. The Labute approximate surface area is 147 Å². The molecule has 1 aliphatic rings. The number of aromatic nitrogens is 2. The quantitative estimate of drug-likeness (QED) is 0.829. The van der Waals surface area contributed by atoms with E-state index in [0.29, 0.717) is 18.7 Å². The molecule has 0 spiro atoms. The Morgan fingerprint density at radius 2 is 2.12 bits per heavy atom. The number of aliphatic hydroxyl groups is 1. The summed E-state index contributed by atoms with van der Waals surface area (Å²) in [5.41, 5.74) is 2.66. The van der Waals surface area contributed by atoms with Gasteiger partial charge < -0.3 is 20.1 Å². The SMILES string of the molecule is Cc1nn(C)c(N2CCOCC2)c1CNCC(O)c1cccc(F)c1. The van der Waals surface area contributed by atoms with E-state index >= 15 is 0 Å². The van der Waals surface area contributed by atoms with Crippen molar-refractivity contribution in [3.8, 4) is 0 Å². The Morgan fingerprint density at radius 3 is 2.84 bits per heavy atom. The highest BCUT2D eigenvalue weighted by Crippen LogP contribution is 2.24. The Balaban J connectivity index is 1.65. The van der Waals surface area contributed by atoms with Crippen molar-refractivity contribution in [1.29, 1.82) is 0 Å². The highest BCUT2D eigenvalue weighted by molar-refractivity contribution is 5.50. The molecule has 7 heteroatoms. The molecule has 1 fully saturated rings. The van der Waals surface area contributed by atoms with E-state index in [1.165, 1.54) is 12.1 Å². The first-order chi connectivity index (χ1) is 12.1. The van der Waals surface area contributed by atoms with E-state index in [4.69, 9.17) is 4.74 Å². The van der Waals surface area contributed by atoms with Crippen LogP contribution in [0.1, 0.15) is 22.9 Å². The smallest absolute Gasteiger partial charge is 0.131 e. The molecule has 1 aromatic carbocycles. The number of nitrogens with one attached hydrogen (secondary N) is 1. The zero-order valence-corrected chi connectivity index (χ0v) is 14.7. The van der Waals surface area contributed by atoms with Crippen LogP contribution in [0.4, 0.5) is 10.2 Å². The number of anilines is 1. The predicted octanol–water partition coefficient (Wildman–Crippen LogP) is 1.53. The van der Waals surface area contributed by atoms with Crippen molar-refractivity contribution in [3.05, 3.63) is 46.9 Å². The minimum atomic E-state index is -0.750. The fourth-order valence-electron chi connectivity index (χ4n) is 3.23. The van der Waals surface area contributed by atoms with Gasteiger partial charge in [-0.05, 0) is 24.6 Å². The van der Waals surface area contributed by atoms with Crippen LogP contribution < -0.4 is 10.2 Å². The number of hydrogen-bond donors (Lipinski definition) is 2. The highest BCUT2D eigenvalue weighted by atomic mass is 19.1. The lowest BCUT2D eigenvalue weighted by Crippen LogP contribution is -2.38. The van der Waals surface area contributed by atoms with Gasteiger partial charge in [0.15, 0.2) is 0 Å². The summed E-state index contributed by atoms with van der Waals surface area (Å²) in [6.45, 7) is 6.06. The van der Waals surface area contributed by atoms with Gasteiger partial charge in [-0.3, -0.25) is 4.68 Å². The monoisotopic (exact) mass is 348 g/mol. The second kappa shape index (κ2) is 7.95. The van der Waals surface area contributed by atoms with Crippen molar-refractivity contribution in [2.45, 2.75) is 19.6 Å². The van der Waals surface area contributed by atoms with Gasteiger partial charge in [-0.1, -0.05) is 12.1 Å². The van der Waals surface area contributed by atoms with Crippen molar-refractivity contribution in [2.75, 3.05) is 37.7 Å². The van der Waals surface area contributed by atoms with Gasteiger partial charge in [0.05, 0.1) is 25.0 Å². The van der Waals surface area contributed by atoms with E-state index in [1.807, 2.05) is 18.7 Å². The Morgan fingerprint density at radius 1 is 1.36 bits per heavy atom. The number of morpholine rings is 1. The first kappa shape index (κ1) is 17.8. The molecule has 0 saturated carbocycles. The van der Waals surface area contributed by atoms with Crippen LogP contribution in [0.3, 0.4) is 0 Å². The van der Waals surface area contributed by atoms with Crippen molar-refractivity contribution >= 4 is 5.82 Å². The lowest BCUT2D eigenvalue weighted by atomic mass is 10.1. The number of nitrogens with zero attached hydrogens (tertiary/aromatic N) is 3. The maximum atomic E-state index is 13.3. The molecule has 2 aromatic rings. The fourth-order valence-corrected chi connectivity index (χ4v) is 3.23. The molecular weight excluding hydrogens is 323 g/mol. The van der Waals surface area contributed by atoms with Gasteiger partial charge in [-0.25, -0.2) is 4.39 Å². The van der Waals surface area contributed by atoms with E-state index in [-0.39, 0.29) is 5.82 Å². The molecule has 0 aliphatic carbocycles. The first-order valence-corrected chi connectivity index (χ1v) is 8.55. The van der Waals surface area contributed by atoms with Gasteiger partial charge >= 0.3 is 0 Å². The third-order valence-corrected chi connectivity index (χ3v) is 4.50. The lowest BCUT2D eigenvalue weighted by molar-refractivity contribution is 0.122. The predicted molar refractivity (Wildman–Crippen MR) is 94.0 cm³/mol. The van der Waals surface area contributed by atoms with Gasteiger partial charge in [0.25, 0.3) is 0 Å². The average molecular weight is 348 g/mol. The number of ether oxygens (including phenoxy) is 1. The maximum Gasteiger partial charge on any atom is 0.131 e. The topological polar surface area (TPSA) is 62.5 Å². The first-order valence-electron chi connectivity index (χ1n) is 8.55. The van der Waals surface area contributed by atoms with Crippen LogP contribution >= 0.6 is 0 Å². The van der Waals surface area contributed by atoms with Crippen LogP contribution in [0, 0.1) is 12.7 Å². The van der Waals surface area contributed by atoms with Crippen LogP contribution in [0.15, 0.2) is 24.3 Å². The van der Waals surface area contributed by atoms with E-state index in [0.717, 1.165) is 43.4 Å². The average Bonchev–Trinajstić information content (AvgIpc) is 2.89. The largest absolute Gasteiger partial charge is 0.387 e. The van der Waals surface area contributed by atoms with Crippen LogP contribution in [-0.2, 0) is 18.3 Å². The highest BCUT2D eigenvalue weighted by Gasteiger charge is 2.21. The molecular formula is C18H25FN4O2. The Bertz CT molecular complexity index is 713. The zero-order valence-electron chi connectivity index (χ0n) is 14.7. The van der Waals surface area contributed by atoms with Crippen LogP contribution in [0.25, 0.3) is 0 Å². The summed E-state index contributed by atoms with van der Waals surface area (Å²) in [6.07, 6.45) is -0.750. The molecule has 1 aliphatic heterocycles. The summed E-state index contributed by atoms with van der Waals surface area (Å²) in [6, 6.07) is 6.07. The van der Waals surface area contributed by atoms with Crippen LogP contribution in [0.5, 0.6) is 0 Å². The second-order valence-corrected chi connectivity index (χ2v) is 6.31. The summed E-state index contributed by atoms with van der Waals surface area (Å²) < 4.78 is 20.6. The minimum absolute atomic E-state index is 0.339. The van der Waals surface area contributed by atoms with Crippen molar-refractivity contribution < 1.29 is 14.2 Å². The lowest BCUT2D eigenvalue weighted by Gasteiger charge is -2.29. The summed E-state index contributed by atoms with van der Waals surface area (Å²) in [4.78, 5) is 2.28. The third-order valence-electron chi connectivity index (χ3n) is 4.50. The number of halogens is 1. The van der Waals surface area contributed by atoms with Gasteiger partial charge in [0, 0.05) is 38.8 Å². The third kappa shape index (κ3) is 4.18. The van der Waals surface area contributed by atoms with Crippen molar-refractivity contribution in [3.63, 3.8) is 0 Å². The van der Waals surface area contributed by atoms with Crippen molar-refractivity contribution in [1.82, 2.24) is 15.1 Å². The second-order valence-electron chi connectivity index (χ2n) is 6.31. The van der Waals surface area contributed by atoms with Crippen LogP contribution in [0.2, 0.25) is 0 Å². The molecule has 1 unspecified atom stereocenters. The summed E-state index contributed by atoms with van der Waals surface area (Å²) in [7, 11) is 1.95. The van der Waals surface area contributed by atoms with E-state index in [2.05, 4.69) is 15.3 Å².